The highest BCUT2D eigenvalue weighted by Crippen LogP contribution is 2.28. The zero-order valence-electron chi connectivity index (χ0n) is 15.4. The van der Waals surface area contributed by atoms with Crippen LogP contribution in [0.1, 0.15) is 37.5 Å². The number of carbonyl (C=O) groups excluding carboxylic acids is 3. The first kappa shape index (κ1) is 19.9. The second-order valence-corrected chi connectivity index (χ2v) is 6.93. The molecule has 0 N–H and O–H groups in total. The first-order valence-electron chi connectivity index (χ1n) is 8.51. The minimum absolute atomic E-state index is 0.0737. The van der Waals surface area contributed by atoms with E-state index < -0.39 is 5.97 Å². The van der Waals surface area contributed by atoms with Crippen molar-refractivity contribution in [2.75, 3.05) is 27.4 Å². The van der Waals surface area contributed by atoms with Crippen LogP contribution in [-0.4, -0.2) is 50.1 Å². The van der Waals surface area contributed by atoms with Crippen molar-refractivity contribution >= 4 is 33.7 Å². The van der Waals surface area contributed by atoms with Crippen molar-refractivity contribution in [1.82, 2.24) is 4.90 Å². The van der Waals surface area contributed by atoms with Gasteiger partial charge in [0.25, 0.3) is 11.8 Å². The molecule has 2 amide bonds. The SMILES string of the molecule is COc1ccc(C(=O)OCCCN2C(=O)c3ccc(Br)cc3C2=O)cc1OC. The molecule has 2 aromatic rings. The first-order valence-corrected chi connectivity index (χ1v) is 9.30. The van der Waals surface area contributed by atoms with Crippen LogP contribution >= 0.6 is 15.9 Å². The summed E-state index contributed by atoms with van der Waals surface area (Å²) in [6.45, 7) is 0.244. The standard InChI is InChI=1S/C20H18BrNO6/c1-26-16-7-4-12(10-17(16)27-2)20(25)28-9-3-8-22-18(23)14-6-5-13(21)11-15(14)19(22)24/h4-7,10-11H,3,8-9H2,1-2H3. The monoisotopic (exact) mass is 447 g/mol. The van der Waals surface area contributed by atoms with Gasteiger partial charge in [0.05, 0.1) is 37.5 Å². The number of hydrogen-bond donors (Lipinski definition) is 0. The fourth-order valence-corrected chi connectivity index (χ4v) is 3.26. The van der Waals surface area contributed by atoms with Crippen LogP contribution in [0.3, 0.4) is 0 Å². The minimum Gasteiger partial charge on any atom is -0.493 e. The maximum Gasteiger partial charge on any atom is 0.338 e. The molecule has 0 unspecified atom stereocenters. The topological polar surface area (TPSA) is 82.1 Å². The molecular weight excluding hydrogens is 430 g/mol. The maximum atomic E-state index is 12.4. The molecule has 0 fully saturated rings. The third kappa shape index (κ3) is 3.87. The van der Waals surface area contributed by atoms with Crippen LogP contribution in [0.5, 0.6) is 11.5 Å². The molecule has 0 bridgehead atoms. The van der Waals surface area contributed by atoms with E-state index in [9.17, 15) is 14.4 Å². The summed E-state index contributed by atoms with van der Waals surface area (Å²) < 4.78 is 16.3. The van der Waals surface area contributed by atoms with Crippen LogP contribution in [-0.2, 0) is 4.74 Å². The van der Waals surface area contributed by atoms with Gasteiger partial charge in [0.2, 0.25) is 0 Å². The summed E-state index contributed by atoms with van der Waals surface area (Å²) in [7, 11) is 2.99. The molecule has 8 heteroatoms. The zero-order chi connectivity index (χ0) is 20.3. The lowest BCUT2D eigenvalue weighted by molar-refractivity contribution is 0.0482. The van der Waals surface area contributed by atoms with E-state index in [1.54, 1.807) is 30.3 Å². The second kappa shape index (κ2) is 8.43. The van der Waals surface area contributed by atoms with Gasteiger partial charge in [-0.2, -0.15) is 0 Å². The van der Waals surface area contributed by atoms with Crippen molar-refractivity contribution in [3.05, 3.63) is 57.6 Å². The highest BCUT2D eigenvalue weighted by molar-refractivity contribution is 9.10. The molecule has 0 spiro atoms. The van der Waals surface area contributed by atoms with Gasteiger partial charge in [-0.1, -0.05) is 15.9 Å². The highest BCUT2D eigenvalue weighted by Gasteiger charge is 2.35. The molecule has 0 radical (unpaired) electrons. The van der Waals surface area contributed by atoms with Crippen molar-refractivity contribution < 1.29 is 28.6 Å². The van der Waals surface area contributed by atoms with Gasteiger partial charge in [-0.05, 0) is 42.8 Å². The van der Waals surface area contributed by atoms with Crippen LogP contribution < -0.4 is 9.47 Å². The number of benzene rings is 2. The van der Waals surface area contributed by atoms with Crippen molar-refractivity contribution in [1.29, 1.82) is 0 Å². The van der Waals surface area contributed by atoms with Gasteiger partial charge in [-0.3, -0.25) is 14.5 Å². The summed E-state index contributed by atoms with van der Waals surface area (Å²) in [4.78, 5) is 38.1. The van der Waals surface area contributed by atoms with Crippen LogP contribution in [0, 0.1) is 0 Å². The summed E-state index contributed by atoms with van der Waals surface area (Å²) in [5.74, 6) is -0.260. The van der Waals surface area contributed by atoms with Crippen LogP contribution in [0.15, 0.2) is 40.9 Å². The Labute approximate surface area is 170 Å². The lowest BCUT2D eigenvalue weighted by atomic mass is 10.1. The molecule has 0 aromatic heterocycles. The van der Waals surface area contributed by atoms with E-state index in [-0.39, 0.29) is 25.0 Å². The summed E-state index contributed by atoms with van der Waals surface area (Å²) in [5.41, 5.74) is 1.08. The van der Waals surface area contributed by atoms with Crippen LogP contribution in [0.2, 0.25) is 0 Å². The normalized spacial score (nSPS) is 12.8. The molecule has 0 aliphatic carbocycles. The summed E-state index contributed by atoms with van der Waals surface area (Å²) in [6, 6.07) is 9.70. The van der Waals surface area contributed by atoms with Gasteiger partial charge < -0.3 is 14.2 Å². The van der Waals surface area contributed by atoms with Crippen molar-refractivity contribution in [2.24, 2.45) is 0 Å². The molecule has 0 saturated heterocycles. The Bertz CT molecular complexity index is 942. The third-order valence-corrected chi connectivity index (χ3v) is 4.80. The molecule has 0 atom stereocenters. The Kier molecular flexibility index (Phi) is 5.99. The van der Waals surface area contributed by atoms with Gasteiger partial charge in [0.1, 0.15) is 0 Å². The molecule has 1 heterocycles. The number of rotatable bonds is 7. The van der Waals surface area contributed by atoms with E-state index in [0.29, 0.717) is 34.6 Å². The molecular formula is C20H18BrNO6. The van der Waals surface area contributed by atoms with Crippen molar-refractivity contribution in [3.8, 4) is 11.5 Å². The number of esters is 1. The lowest BCUT2D eigenvalue weighted by Gasteiger charge is -2.14. The predicted octanol–water partition coefficient (Wildman–Crippen LogP) is 3.31. The van der Waals surface area contributed by atoms with Gasteiger partial charge in [0.15, 0.2) is 11.5 Å². The maximum absolute atomic E-state index is 12.4. The van der Waals surface area contributed by atoms with E-state index in [4.69, 9.17) is 14.2 Å². The fourth-order valence-electron chi connectivity index (χ4n) is 2.90. The largest absolute Gasteiger partial charge is 0.493 e. The number of amides is 2. The first-order chi connectivity index (χ1) is 13.5. The van der Waals surface area contributed by atoms with E-state index in [1.165, 1.54) is 25.2 Å². The number of halogens is 1. The predicted molar refractivity (Wildman–Crippen MR) is 104 cm³/mol. The van der Waals surface area contributed by atoms with Crippen LogP contribution in [0.4, 0.5) is 0 Å². The zero-order valence-corrected chi connectivity index (χ0v) is 16.9. The number of hydrogen-bond acceptors (Lipinski definition) is 6. The van der Waals surface area contributed by atoms with E-state index in [2.05, 4.69) is 15.9 Å². The third-order valence-electron chi connectivity index (χ3n) is 4.31. The Balaban J connectivity index is 1.54. The Morgan fingerprint density at radius 3 is 2.39 bits per heavy atom. The van der Waals surface area contributed by atoms with Crippen LogP contribution in [0.25, 0.3) is 0 Å². The fraction of sp³-hybridized carbons (Fsp3) is 0.250. The summed E-state index contributed by atoms with van der Waals surface area (Å²) in [6.07, 6.45) is 0.339. The molecule has 3 rings (SSSR count). The van der Waals surface area contributed by atoms with Gasteiger partial charge >= 0.3 is 5.97 Å². The van der Waals surface area contributed by atoms with Crippen molar-refractivity contribution in [2.45, 2.75) is 6.42 Å². The molecule has 28 heavy (non-hydrogen) atoms. The molecule has 1 aliphatic heterocycles. The molecule has 7 nitrogen and oxygen atoms in total. The molecule has 2 aromatic carbocycles. The average molecular weight is 448 g/mol. The number of ether oxygens (including phenoxy) is 3. The smallest absolute Gasteiger partial charge is 0.338 e. The molecule has 0 saturated carbocycles. The van der Waals surface area contributed by atoms with E-state index in [1.807, 2.05) is 0 Å². The Hall–Kier alpha value is -2.87. The molecule has 146 valence electrons. The lowest BCUT2D eigenvalue weighted by Crippen LogP contribution is -2.31. The summed E-state index contributed by atoms with van der Waals surface area (Å²) >= 11 is 3.30. The van der Waals surface area contributed by atoms with Gasteiger partial charge in [0, 0.05) is 11.0 Å². The number of imide groups is 1. The Morgan fingerprint density at radius 1 is 0.964 bits per heavy atom. The average Bonchev–Trinajstić information content (AvgIpc) is 2.94. The number of carbonyl (C=O) groups is 3. The molecule has 1 aliphatic rings. The minimum atomic E-state index is -0.521. The number of fused-ring (bicyclic) bond motifs is 1. The number of methoxy groups -OCH3 is 2. The van der Waals surface area contributed by atoms with Gasteiger partial charge in [-0.25, -0.2) is 4.79 Å². The Morgan fingerprint density at radius 2 is 1.68 bits per heavy atom. The second-order valence-electron chi connectivity index (χ2n) is 6.01. The summed E-state index contributed by atoms with van der Waals surface area (Å²) in [5, 5.41) is 0. The number of nitrogens with zero attached hydrogens (tertiary/aromatic N) is 1. The van der Waals surface area contributed by atoms with Crippen molar-refractivity contribution in [3.63, 3.8) is 0 Å². The quantitative estimate of drug-likeness (QED) is 0.367. The van der Waals surface area contributed by atoms with E-state index >= 15 is 0 Å². The van der Waals surface area contributed by atoms with E-state index in [0.717, 1.165) is 4.47 Å². The van der Waals surface area contributed by atoms with Gasteiger partial charge in [-0.15, -0.1) is 0 Å². The highest BCUT2D eigenvalue weighted by atomic mass is 79.9.